The first-order valence-electron chi connectivity index (χ1n) is 8.37. The van der Waals surface area contributed by atoms with Crippen LogP contribution >= 0.6 is 23.9 Å². The highest BCUT2D eigenvalue weighted by Gasteiger charge is 2.22. The molecule has 0 bridgehead atoms. The van der Waals surface area contributed by atoms with Gasteiger partial charge in [-0.2, -0.15) is 4.37 Å². The Balaban J connectivity index is 0.00000225. The van der Waals surface area contributed by atoms with Gasteiger partial charge in [0.1, 0.15) is 5.82 Å². The third-order valence-electron chi connectivity index (χ3n) is 4.26. The molecule has 0 radical (unpaired) electrons. The summed E-state index contributed by atoms with van der Waals surface area (Å²) in [7, 11) is 0. The van der Waals surface area contributed by atoms with Crippen LogP contribution in [0.25, 0.3) is 0 Å². The molecule has 6 nitrogen and oxygen atoms in total. The SMILES string of the molecule is CCc1nsc(N2CCCN(C(=O)c3ccc(CN)cc3)CC2)n1.Cl. The van der Waals surface area contributed by atoms with Crippen molar-refractivity contribution in [1.29, 1.82) is 0 Å². The minimum absolute atomic E-state index is 0. The second kappa shape index (κ2) is 9.12. The summed E-state index contributed by atoms with van der Waals surface area (Å²) >= 11 is 1.45. The fraction of sp³-hybridized carbons (Fsp3) is 0.471. The van der Waals surface area contributed by atoms with Gasteiger partial charge in [-0.05, 0) is 24.1 Å². The number of nitrogens with two attached hydrogens (primary N) is 1. The molecule has 1 amide bonds. The van der Waals surface area contributed by atoms with Gasteiger partial charge in [0.05, 0.1) is 0 Å². The third-order valence-corrected chi connectivity index (χ3v) is 5.08. The molecule has 2 aromatic rings. The monoisotopic (exact) mass is 381 g/mol. The zero-order chi connectivity index (χ0) is 16.9. The summed E-state index contributed by atoms with van der Waals surface area (Å²) < 4.78 is 4.36. The molecule has 8 heteroatoms. The third kappa shape index (κ3) is 4.68. The van der Waals surface area contributed by atoms with Gasteiger partial charge in [0.2, 0.25) is 5.13 Å². The summed E-state index contributed by atoms with van der Waals surface area (Å²) in [5.74, 6) is 0.985. The van der Waals surface area contributed by atoms with Gasteiger partial charge in [0.15, 0.2) is 0 Å². The van der Waals surface area contributed by atoms with E-state index in [2.05, 4.69) is 21.2 Å². The van der Waals surface area contributed by atoms with Gasteiger partial charge in [-0.15, -0.1) is 12.4 Å². The zero-order valence-electron chi connectivity index (χ0n) is 14.4. The second-order valence-electron chi connectivity index (χ2n) is 5.88. The smallest absolute Gasteiger partial charge is 0.253 e. The van der Waals surface area contributed by atoms with Gasteiger partial charge in [-0.25, -0.2) is 4.98 Å². The van der Waals surface area contributed by atoms with Gasteiger partial charge >= 0.3 is 0 Å². The molecule has 0 saturated carbocycles. The predicted octanol–water partition coefficient (Wildman–Crippen LogP) is 2.33. The van der Waals surface area contributed by atoms with Crippen LogP contribution in [0, 0.1) is 0 Å². The molecule has 1 aromatic carbocycles. The number of halogens is 1. The van der Waals surface area contributed by atoms with Crippen LogP contribution in [-0.4, -0.2) is 46.3 Å². The van der Waals surface area contributed by atoms with Crippen molar-refractivity contribution < 1.29 is 4.79 Å². The van der Waals surface area contributed by atoms with Crippen LogP contribution in [0.1, 0.15) is 35.1 Å². The van der Waals surface area contributed by atoms with E-state index in [9.17, 15) is 4.79 Å². The average Bonchev–Trinajstić information content (AvgIpc) is 2.98. The van der Waals surface area contributed by atoms with Crippen molar-refractivity contribution >= 4 is 35.0 Å². The normalized spacial score (nSPS) is 14.8. The molecule has 1 saturated heterocycles. The van der Waals surface area contributed by atoms with Crippen molar-refractivity contribution in [3.63, 3.8) is 0 Å². The van der Waals surface area contributed by atoms with Crippen LogP contribution in [0.3, 0.4) is 0 Å². The standard InChI is InChI=1S/C17H23N5OS.ClH/c1-2-15-19-17(24-20-15)22-9-3-8-21(10-11-22)16(23)14-6-4-13(12-18)5-7-14;/h4-7H,2-3,8-12,18H2,1H3;1H. The maximum absolute atomic E-state index is 12.7. The Morgan fingerprint density at radius 1 is 1.20 bits per heavy atom. The number of aryl methyl sites for hydroxylation is 1. The lowest BCUT2D eigenvalue weighted by molar-refractivity contribution is 0.0767. The maximum Gasteiger partial charge on any atom is 0.253 e. The van der Waals surface area contributed by atoms with Crippen LogP contribution in [-0.2, 0) is 13.0 Å². The van der Waals surface area contributed by atoms with Crippen LogP contribution in [0.5, 0.6) is 0 Å². The van der Waals surface area contributed by atoms with Gasteiger partial charge in [0, 0.05) is 56.2 Å². The van der Waals surface area contributed by atoms with E-state index >= 15 is 0 Å². The Morgan fingerprint density at radius 3 is 2.60 bits per heavy atom. The molecule has 1 aliphatic heterocycles. The van der Waals surface area contributed by atoms with E-state index in [1.807, 2.05) is 29.2 Å². The molecule has 1 fully saturated rings. The van der Waals surface area contributed by atoms with E-state index < -0.39 is 0 Å². The molecule has 1 aromatic heterocycles. The fourth-order valence-corrected chi connectivity index (χ4v) is 3.60. The first-order chi connectivity index (χ1) is 11.7. The number of carbonyl (C=O) groups excluding carboxylic acids is 1. The van der Waals surface area contributed by atoms with Crippen LogP contribution in [0.15, 0.2) is 24.3 Å². The molecule has 0 aliphatic carbocycles. The molecule has 0 spiro atoms. The minimum Gasteiger partial charge on any atom is -0.345 e. The largest absolute Gasteiger partial charge is 0.345 e. The number of anilines is 1. The Labute approximate surface area is 158 Å². The summed E-state index contributed by atoms with van der Waals surface area (Å²) in [5, 5.41) is 0.966. The summed E-state index contributed by atoms with van der Waals surface area (Å²) in [6.45, 7) is 5.74. The van der Waals surface area contributed by atoms with E-state index in [-0.39, 0.29) is 18.3 Å². The van der Waals surface area contributed by atoms with E-state index in [0.717, 1.165) is 54.6 Å². The molecule has 25 heavy (non-hydrogen) atoms. The van der Waals surface area contributed by atoms with Crippen LogP contribution in [0.4, 0.5) is 5.13 Å². The molecular formula is C17H24ClN5OS. The number of rotatable bonds is 4. The van der Waals surface area contributed by atoms with Gasteiger partial charge < -0.3 is 15.5 Å². The maximum atomic E-state index is 12.7. The highest BCUT2D eigenvalue weighted by atomic mass is 35.5. The van der Waals surface area contributed by atoms with Crippen LogP contribution < -0.4 is 10.6 Å². The number of amides is 1. The Morgan fingerprint density at radius 2 is 1.96 bits per heavy atom. The van der Waals surface area contributed by atoms with Crippen molar-refractivity contribution in [2.75, 3.05) is 31.1 Å². The first-order valence-corrected chi connectivity index (χ1v) is 9.14. The first kappa shape index (κ1) is 19.6. The quantitative estimate of drug-likeness (QED) is 0.879. The summed E-state index contributed by atoms with van der Waals surface area (Å²) in [6.07, 6.45) is 1.79. The number of nitrogens with zero attached hydrogens (tertiary/aromatic N) is 4. The molecule has 2 N–H and O–H groups in total. The Kier molecular flexibility index (Phi) is 7.16. The van der Waals surface area contributed by atoms with Crippen molar-refractivity contribution in [2.24, 2.45) is 5.73 Å². The molecule has 136 valence electrons. The van der Waals surface area contributed by atoms with Crippen molar-refractivity contribution in [3.05, 3.63) is 41.2 Å². The lowest BCUT2D eigenvalue weighted by Crippen LogP contribution is -2.35. The van der Waals surface area contributed by atoms with Crippen LogP contribution in [0.2, 0.25) is 0 Å². The summed E-state index contributed by atoms with van der Waals surface area (Å²) in [6, 6.07) is 7.58. The van der Waals surface area contributed by atoms with E-state index in [4.69, 9.17) is 5.73 Å². The van der Waals surface area contributed by atoms with Gasteiger partial charge in [0.25, 0.3) is 5.91 Å². The minimum atomic E-state index is 0. The van der Waals surface area contributed by atoms with Crippen molar-refractivity contribution in [1.82, 2.24) is 14.3 Å². The molecule has 2 heterocycles. The second-order valence-corrected chi connectivity index (χ2v) is 6.61. The van der Waals surface area contributed by atoms with Crippen molar-refractivity contribution in [3.8, 4) is 0 Å². The highest BCUT2D eigenvalue weighted by Crippen LogP contribution is 2.20. The molecule has 0 atom stereocenters. The van der Waals surface area contributed by atoms with E-state index in [1.165, 1.54) is 11.5 Å². The van der Waals surface area contributed by atoms with Crippen molar-refractivity contribution in [2.45, 2.75) is 26.3 Å². The Hall–Kier alpha value is -1.70. The predicted molar refractivity (Wildman–Crippen MR) is 104 cm³/mol. The molecule has 3 rings (SSSR count). The average molecular weight is 382 g/mol. The van der Waals surface area contributed by atoms with E-state index in [0.29, 0.717) is 13.1 Å². The molecule has 1 aliphatic rings. The van der Waals surface area contributed by atoms with Gasteiger partial charge in [-0.1, -0.05) is 19.1 Å². The number of benzene rings is 1. The molecular weight excluding hydrogens is 358 g/mol. The van der Waals surface area contributed by atoms with Gasteiger partial charge in [-0.3, -0.25) is 4.79 Å². The lowest BCUT2D eigenvalue weighted by Gasteiger charge is -2.21. The van der Waals surface area contributed by atoms with E-state index in [1.54, 1.807) is 0 Å². The summed E-state index contributed by atoms with van der Waals surface area (Å²) in [5.41, 5.74) is 7.38. The number of hydrogen-bond donors (Lipinski definition) is 1. The Bertz CT molecular complexity index is 691. The lowest BCUT2D eigenvalue weighted by atomic mass is 10.1. The number of hydrogen-bond acceptors (Lipinski definition) is 6. The number of carbonyl (C=O) groups is 1. The highest BCUT2D eigenvalue weighted by molar-refractivity contribution is 7.09. The topological polar surface area (TPSA) is 75.4 Å². The summed E-state index contributed by atoms with van der Waals surface area (Å²) in [4.78, 5) is 21.4. The fourth-order valence-electron chi connectivity index (χ4n) is 2.79. The zero-order valence-corrected chi connectivity index (χ0v) is 16.0. The number of aromatic nitrogens is 2. The molecule has 0 unspecified atom stereocenters.